The molecule has 2 N–H and O–H groups in total. The molecule has 4 nitrogen and oxygen atoms in total. The maximum absolute atomic E-state index is 4.38. The lowest BCUT2D eigenvalue weighted by atomic mass is 9.89. The van der Waals surface area contributed by atoms with E-state index in [1.807, 2.05) is 7.05 Å². The zero-order valence-electron chi connectivity index (χ0n) is 15.7. The minimum absolute atomic E-state index is 0.401. The van der Waals surface area contributed by atoms with Gasteiger partial charge >= 0.3 is 0 Å². The molecule has 0 bridgehead atoms. The maximum Gasteiger partial charge on any atom is 0.191 e. The normalized spacial score (nSPS) is 22.5. The third-order valence-corrected chi connectivity index (χ3v) is 4.54. The molecule has 4 heteroatoms. The van der Waals surface area contributed by atoms with Crippen molar-refractivity contribution in [2.45, 2.75) is 66.3 Å². The summed E-state index contributed by atoms with van der Waals surface area (Å²) < 4.78 is 0. The van der Waals surface area contributed by atoms with E-state index in [9.17, 15) is 0 Å². The number of hydrogen-bond acceptors (Lipinski definition) is 2. The van der Waals surface area contributed by atoms with Gasteiger partial charge in [0.05, 0.1) is 0 Å². The van der Waals surface area contributed by atoms with Gasteiger partial charge in [0.15, 0.2) is 5.96 Å². The maximum atomic E-state index is 4.38. The molecule has 0 aromatic carbocycles. The minimum Gasteiger partial charge on any atom is -0.356 e. The first-order valence-corrected chi connectivity index (χ1v) is 9.03. The molecule has 1 aliphatic heterocycles. The second-order valence-corrected chi connectivity index (χ2v) is 8.00. The Kier molecular flexibility index (Phi) is 8.23. The first-order valence-electron chi connectivity index (χ1n) is 9.03. The molecular weight excluding hydrogens is 272 g/mol. The fraction of sp³-hybridized carbons (Fsp3) is 0.944. The van der Waals surface area contributed by atoms with Crippen LogP contribution in [0.25, 0.3) is 0 Å². The summed E-state index contributed by atoms with van der Waals surface area (Å²) in [4.78, 5) is 6.93. The number of rotatable bonds is 6. The minimum atomic E-state index is 0.401. The van der Waals surface area contributed by atoms with Gasteiger partial charge < -0.3 is 15.5 Å². The van der Waals surface area contributed by atoms with E-state index in [0.29, 0.717) is 11.5 Å². The van der Waals surface area contributed by atoms with E-state index in [2.05, 4.69) is 55.1 Å². The molecule has 2 unspecified atom stereocenters. The average Bonchev–Trinajstić information content (AvgIpc) is 2.48. The number of nitrogens with zero attached hydrogens (tertiary/aromatic N) is 2. The lowest BCUT2D eigenvalue weighted by Crippen LogP contribution is -2.46. The molecule has 0 aromatic heterocycles. The van der Waals surface area contributed by atoms with Crippen molar-refractivity contribution in [3.8, 4) is 0 Å². The van der Waals surface area contributed by atoms with Crippen molar-refractivity contribution in [2.24, 2.45) is 16.3 Å². The summed E-state index contributed by atoms with van der Waals surface area (Å²) in [5.41, 5.74) is 0.401. The summed E-state index contributed by atoms with van der Waals surface area (Å²) in [5, 5.41) is 7.05. The van der Waals surface area contributed by atoms with Gasteiger partial charge in [-0.05, 0) is 57.0 Å². The summed E-state index contributed by atoms with van der Waals surface area (Å²) in [6, 6.07) is 0.462. The van der Waals surface area contributed by atoms with Gasteiger partial charge in [-0.3, -0.25) is 4.99 Å². The standard InChI is InChI=1S/C18H38N4/c1-7-22-12-8-9-16(14-22)13-20-17(19-6)21-15(2)10-11-18(3,4)5/h15-16H,7-14H2,1-6H3,(H2,19,20,21). The lowest BCUT2D eigenvalue weighted by Gasteiger charge is -2.32. The van der Waals surface area contributed by atoms with Crippen molar-refractivity contribution < 1.29 is 0 Å². The molecule has 22 heavy (non-hydrogen) atoms. The molecule has 1 aliphatic rings. The second-order valence-electron chi connectivity index (χ2n) is 8.00. The van der Waals surface area contributed by atoms with Gasteiger partial charge in [0.1, 0.15) is 0 Å². The zero-order valence-corrected chi connectivity index (χ0v) is 15.7. The summed E-state index contributed by atoms with van der Waals surface area (Å²) in [6.45, 7) is 16.1. The number of piperidine rings is 1. The van der Waals surface area contributed by atoms with Crippen LogP contribution < -0.4 is 10.6 Å². The topological polar surface area (TPSA) is 39.7 Å². The van der Waals surface area contributed by atoms with E-state index in [0.717, 1.165) is 18.4 Å². The zero-order chi connectivity index (χ0) is 16.6. The van der Waals surface area contributed by atoms with E-state index in [4.69, 9.17) is 0 Å². The molecule has 1 heterocycles. The molecule has 1 saturated heterocycles. The Labute approximate surface area is 138 Å². The van der Waals surface area contributed by atoms with Crippen molar-refractivity contribution >= 4 is 5.96 Å². The van der Waals surface area contributed by atoms with Crippen molar-refractivity contribution in [1.29, 1.82) is 0 Å². The summed E-state index contributed by atoms with van der Waals surface area (Å²) in [5.74, 6) is 1.70. The van der Waals surface area contributed by atoms with Gasteiger partial charge in [0.25, 0.3) is 0 Å². The van der Waals surface area contributed by atoms with Crippen LogP contribution in [0.1, 0.15) is 60.3 Å². The predicted molar refractivity (Wildman–Crippen MR) is 97.5 cm³/mol. The van der Waals surface area contributed by atoms with Crippen LogP contribution in [-0.4, -0.2) is 50.1 Å². The summed E-state index contributed by atoms with van der Waals surface area (Å²) >= 11 is 0. The van der Waals surface area contributed by atoms with Crippen molar-refractivity contribution in [3.05, 3.63) is 0 Å². The van der Waals surface area contributed by atoms with Crippen LogP contribution >= 0.6 is 0 Å². The quantitative estimate of drug-likeness (QED) is 0.585. The fourth-order valence-electron chi connectivity index (χ4n) is 3.00. The van der Waals surface area contributed by atoms with E-state index in [1.54, 1.807) is 0 Å². The molecular formula is C18H38N4. The Balaban J connectivity index is 2.30. The SMILES string of the molecule is CCN1CCCC(CNC(=NC)NC(C)CCC(C)(C)C)C1. The fourth-order valence-corrected chi connectivity index (χ4v) is 3.00. The van der Waals surface area contributed by atoms with Crippen LogP contribution in [0.4, 0.5) is 0 Å². The van der Waals surface area contributed by atoms with Gasteiger partial charge in [-0.15, -0.1) is 0 Å². The molecule has 0 saturated carbocycles. The number of nitrogens with one attached hydrogen (secondary N) is 2. The Morgan fingerprint density at radius 1 is 1.36 bits per heavy atom. The van der Waals surface area contributed by atoms with E-state index < -0.39 is 0 Å². The first kappa shape index (κ1) is 19.3. The molecule has 0 spiro atoms. The van der Waals surface area contributed by atoms with Crippen molar-refractivity contribution in [1.82, 2.24) is 15.5 Å². The van der Waals surface area contributed by atoms with Crippen LogP contribution in [0, 0.1) is 11.3 Å². The number of likely N-dealkylation sites (tertiary alicyclic amines) is 1. The molecule has 0 radical (unpaired) electrons. The van der Waals surface area contributed by atoms with Crippen LogP contribution in [0.5, 0.6) is 0 Å². The second kappa shape index (κ2) is 9.39. The van der Waals surface area contributed by atoms with Crippen molar-refractivity contribution in [2.75, 3.05) is 33.2 Å². The molecule has 0 aromatic rings. The van der Waals surface area contributed by atoms with Crippen LogP contribution in [0.2, 0.25) is 0 Å². The smallest absolute Gasteiger partial charge is 0.191 e. The Hall–Kier alpha value is -0.770. The molecule has 130 valence electrons. The highest BCUT2D eigenvalue weighted by atomic mass is 15.2. The van der Waals surface area contributed by atoms with Gasteiger partial charge in [0, 0.05) is 26.2 Å². The Morgan fingerprint density at radius 2 is 2.09 bits per heavy atom. The van der Waals surface area contributed by atoms with Gasteiger partial charge in [-0.2, -0.15) is 0 Å². The van der Waals surface area contributed by atoms with Crippen LogP contribution in [-0.2, 0) is 0 Å². The lowest BCUT2D eigenvalue weighted by molar-refractivity contribution is 0.183. The Bertz CT molecular complexity index is 332. The van der Waals surface area contributed by atoms with Crippen LogP contribution in [0.15, 0.2) is 4.99 Å². The molecule has 1 rings (SSSR count). The first-order chi connectivity index (χ1) is 10.3. The van der Waals surface area contributed by atoms with E-state index in [-0.39, 0.29) is 0 Å². The molecule has 0 amide bonds. The van der Waals surface area contributed by atoms with E-state index in [1.165, 1.54) is 45.3 Å². The molecule has 1 fully saturated rings. The third kappa shape index (κ3) is 8.02. The highest BCUT2D eigenvalue weighted by Gasteiger charge is 2.19. The average molecular weight is 311 g/mol. The third-order valence-electron chi connectivity index (χ3n) is 4.54. The van der Waals surface area contributed by atoms with Crippen molar-refractivity contribution in [3.63, 3.8) is 0 Å². The highest BCUT2D eigenvalue weighted by Crippen LogP contribution is 2.21. The van der Waals surface area contributed by atoms with Gasteiger partial charge in [0.2, 0.25) is 0 Å². The van der Waals surface area contributed by atoms with E-state index >= 15 is 0 Å². The largest absolute Gasteiger partial charge is 0.356 e. The van der Waals surface area contributed by atoms with Crippen LogP contribution in [0.3, 0.4) is 0 Å². The summed E-state index contributed by atoms with van der Waals surface area (Å²) in [6.07, 6.45) is 5.07. The number of hydrogen-bond donors (Lipinski definition) is 2. The number of guanidine groups is 1. The Morgan fingerprint density at radius 3 is 2.68 bits per heavy atom. The van der Waals surface area contributed by atoms with Gasteiger partial charge in [-0.1, -0.05) is 27.7 Å². The molecule has 0 aliphatic carbocycles. The number of aliphatic imine (C=N–C) groups is 1. The highest BCUT2D eigenvalue weighted by molar-refractivity contribution is 5.79. The predicted octanol–water partition coefficient (Wildman–Crippen LogP) is 3.10. The molecule has 2 atom stereocenters. The monoisotopic (exact) mass is 310 g/mol. The summed E-state index contributed by atoms with van der Waals surface area (Å²) in [7, 11) is 1.87. The van der Waals surface area contributed by atoms with Gasteiger partial charge in [-0.25, -0.2) is 0 Å².